The fourth-order valence-electron chi connectivity index (χ4n) is 1.97. The van der Waals surface area contributed by atoms with Crippen molar-refractivity contribution in [2.75, 3.05) is 13.2 Å². The van der Waals surface area contributed by atoms with Gasteiger partial charge in [-0.25, -0.2) is 8.78 Å². The van der Waals surface area contributed by atoms with Crippen molar-refractivity contribution in [1.82, 2.24) is 0 Å². The minimum Gasteiger partial charge on any atom is -0.486 e. The van der Waals surface area contributed by atoms with Gasteiger partial charge in [0.25, 0.3) is 6.43 Å². The van der Waals surface area contributed by atoms with E-state index in [1.165, 1.54) is 12.1 Å². The molecule has 0 amide bonds. The van der Waals surface area contributed by atoms with Crippen molar-refractivity contribution < 1.29 is 23.0 Å². The predicted octanol–water partition coefficient (Wildman–Crippen LogP) is 3.09. The lowest BCUT2D eigenvalue weighted by Gasteiger charge is -2.24. The van der Waals surface area contributed by atoms with Gasteiger partial charge < -0.3 is 14.3 Å². The summed E-state index contributed by atoms with van der Waals surface area (Å²) in [7, 11) is 0. The van der Waals surface area contributed by atoms with Crippen LogP contribution in [0.2, 0.25) is 0 Å². The topological polar surface area (TPSA) is 35.5 Å². The lowest BCUT2D eigenvalue weighted by atomic mass is 9.95. The molecular weight excluding hydrogens is 242 g/mol. The molecule has 0 saturated carbocycles. The molecule has 98 valence electrons. The SMILES string of the molecule is CC(CC=O)c1cc(C(F)F)cc2c1OCCO2. The number of hydrogen-bond donors (Lipinski definition) is 0. The summed E-state index contributed by atoms with van der Waals surface area (Å²) in [5, 5.41) is 0. The van der Waals surface area contributed by atoms with E-state index in [2.05, 4.69) is 0 Å². The average Bonchev–Trinajstić information content (AvgIpc) is 2.37. The molecule has 0 aliphatic carbocycles. The van der Waals surface area contributed by atoms with Crippen LogP contribution in [0.15, 0.2) is 12.1 Å². The van der Waals surface area contributed by atoms with E-state index in [9.17, 15) is 13.6 Å². The summed E-state index contributed by atoms with van der Waals surface area (Å²) in [4.78, 5) is 10.6. The van der Waals surface area contributed by atoms with Crippen molar-refractivity contribution in [2.24, 2.45) is 0 Å². The highest BCUT2D eigenvalue weighted by molar-refractivity contribution is 5.56. The van der Waals surface area contributed by atoms with Crippen LogP contribution in [0.1, 0.15) is 36.8 Å². The summed E-state index contributed by atoms with van der Waals surface area (Å²) < 4.78 is 36.4. The third kappa shape index (κ3) is 2.44. The summed E-state index contributed by atoms with van der Waals surface area (Å²) in [6.07, 6.45) is -1.53. The highest BCUT2D eigenvalue weighted by atomic mass is 19.3. The Bertz CT molecular complexity index is 446. The number of alkyl halides is 2. The van der Waals surface area contributed by atoms with Gasteiger partial charge >= 0.3 is 0 Å². The summed E-state index contributed by atoms with van der Waals surface area (Å²) in [5.74, 6) is 0.656. The van der Waals surface area contributed by atoms with E-state index in [4.69, 9.17) is 9.47 Å². The minimum absolute atomic E-state index is 0.105. The molecule has 5 heteroatoms. The number of rotatable bonds is 4. The Kier molecular flexibility index (Phi) is 3.79. The predicted molar refractivity (Wildman–Crippen MR) is 61.5 cm³/mol. The number of ether oxygens (including phenoxy) is 2. The molecule has 1 atom stereocenters. The first-order chi connectivity index (χ1) is 8.63. The van der Waals surface area contributed by atoms with Crippen molar-refractivity contribution in [3.63, 3.8) is 0 Å². The molecule has 2 rings (SSSR count). The molecule has 0 N–H and O–H groups in total. The van der Waals surface area contributed by atoms with Crippen LogP contribution < -0.4 is 9.47 Å². The van der Waals surface area contributed by atoms with Gasteiger partial charge in [0.2, 0.25) is 0 Å². The fraction of sp³-hybridized carbons (Fsp3) is 0.462. The fourth-order valence-corrected chi connectivity index (χ4v) is 1.97. The van der Waals surface area contributed by atoms with Crippen LogP contribution in [-0.2, 0) is 4.79 Å². The van der Waals surface area contributed by atoms with Crippen LogP contribution in [0.4, 0.5) is 8.78 Å². The van der Waals surface area contributed by atoms with Crippen molar-refractivity contribution in [2.45, 2.75) is 25.7 Å². The largest absolute Gasteiger partial charge is 0.486 e. The summed E-state index contributed by atoms with van der Waals surface area (Å²) in [6.45, 7) is 2.54. The number of aldehydes is 1. The van der Waals surface area contributed by atoms with E-state index < -0.39 is 6.43 Å². The number of halogens is 2. The van der Waals surface area contributed by atoms with Crippen LogP contribution in [0.3, 0.4) is 0 Å². The second kappa shape index (κ2) is 5.33. The van der Waals surface area contributed by atoms with E-state index >= 15 is 0 Å². The van der Waals surface area contributed by atoms with Gasteiger partial charge in [0.05, 0.1) is 0 Å². The molecular formula is C13H14F2O3. The van der Waals surface area contributed by atoms with Gasteiger partial charge in [-0.2, -0.15) is 0 Å². The third-order valence-electron chi connectivity index (χ3n) is 2.93. The average molecular weight is 256 g/mol. The highest BCUT2D eigenvalue weighted by Crippen LogP contribution is 2.41. The molecule has 1 unspecified atom stereocenters. The monoisotopic (exact) mass is 256 g/mol. The van der Waals surface area contributed by atoms with Crippen LogP contribution >= 0.6 is 0 Å². The maximum Gasteiger partial charge on any atom is 0.263 e. The van der Waals surface area contributed by atoms with Gasteiger partial charge in [0, 0.05) is 17.5 Å². The molecule has 1 aliphatic heterocycles. The Balaban J connectivity index is 2.47. The van der Waals surface area contributed by atoms with Gasteiger partial charge in [-0.05, 0) is 18.1 Å². The highest BCUT2D eigenvalue weighted by Gasteiger charge is 2.23. The maximum atomic E-state index is 12.8. The van der Waals surface area contributed by atoms with Gasteiger partial charge in [0.15, 0.2) is 11.5 Å². The summed E-state index contributed by atoms with van der Waals surface area (Å²) in [5.41, 5.74) is 0.501. The molecule has 1 heterocycles. The van der Waals surface area contributed by atoms with Crippen molar-refractivity contribution in [3.05, 3.63) is 23.3 Å². The van der Waals surface area contributed by atoms with Crippen LogP contribution in [0.25, 0.3) is 0 Å². The molecule has 0 spiro atoms. The zero-order chi connectivity index (χ0) is 13.1. The Morgan fingerprint density at radius 3 is 2.72 bits per heavy atom. The van der Waals surface area contributed by atoms with E-state index in [0.29, 0.717) is 30.3 Å². The number of carbonyl (C=O) groups excluding carboxylic acids is 1. The molecule has 0 fully saturated rings. The summed E-state index contributed by atoms with van der Waals surface area (Å²) >= 11 is 0. The Morgan fingerprint density at radius 1 is 1.33 bits per heavy atom. The molecule has 0 radical (unpaired) electrons. The molecule has 3 nitrogen and oxygen atoms in total. The van der Waals surface area contributed by atoms with Crippen LogP contribution in [0, 0.1) is 0 Å². The second-order valence-corrected chi connectivity index (χ2v) is 4.24. The van der Waals surface area contributed by atoms with Crippen molar-refractivity contribution in [3.8, 4) is 11.5 Å². The number of carbonyl (C=O) groups is 1. The van der Waals surface area contributed by atoms with Crippen molar-refractivity contribution >= 4 is 6.29 Å². The molecule has 1 aliphatic rings. The number of benzene rings is 1. The third-order valence-corrected chi connectivity index (χ3v) is 2.93. The number of hydrogen-bond acceptors (Lipinski definition) is 3. The number of fused-ring (bicyclic) bond motifs is 1. The van der Waals surface area contributed by atoms with E-state index in [1.807, 2.05) is 0 Å². The normalized spacial score (nSPS) is 15.6. The molecule has 18 heavy (non-hydrogen) atoms. The van der Waals surface area contributed by atoms with Crippen LogP contribution in [0.5, 0.6) is 11.5 Å². The maximum absolute atomic E-state index is 12.8. The standard InChI is InChI=1S/C13H14F2O3/c1-8(2-3-16)10-6-9(13(14)15)7-11-12(10)18-5-4-17-11/h3,6-8,13H,2,4-5H2,1H3. The smallest absolute Gasteiger partial charge is 0.263 e. The van der Waals surface area contributed by atoms with Gasteiger partial charge in [-0.3, -0.25) is 0 Å². The lowest BCUT2D eigenvalue weighted by Crippen LogP contribution is -2.17. The first-order valence-electron chi connectivity index (χ1n) is 5.78. The lowest BCUT2D eigenvalue weighted by molar-refractivity contribution is -0.108. The van der Waals surface area contributed by atoms with Crippen LogP contribution in [-0.4, -0.2) is 19.5 Å². The van der Waals surface area contributed by atoms with E-state index in [1.54, 1.807) is 6.92 Å². The minimum atomic E-state index is -2.57. The Morgan fingerprint density at radius 2 is 2.06 bits per heavy atom. The molecule has 0 aromatic heterocycles. The molecule has 1 aromatic rings. The molecule has 0 bridgehead atoms. The molecule has 1 aromatic carbocycles. The summed E-state index contributed by atoms with van der Waals surface area (Å²) in [6, 6.07) is 2.70. The van der Waals surface area contributed by atoms with Gasteiger partial charge in [-0.15, -0.1) is 0 Å². The van der Waals surface area contributed by atoms with E-state index in [-0.39, 0.29) is 17.9 Å². The Hall–Kier alpha value is -1.65. The first kappa shape index (κ1) is 12.8. The second-order valence-electron chi connectivity index (χ2n) is 4.24. The first-order valence-corrected chi connectivity index (χ1v) is 5.78. The van der Waals surface area contributed by atoms with E-state index in [0.717, 1.165) is 6.29 Å². The molecule has 0 saturated heterocycles. The Labute approximate surface area is 104 Å². The zero-order valence-electron chi connectivity index (χ0n) is 9.99. The van der Waals surface area contributed by atoms with Crippen molar-refractivity contribution in [1.29, 1.82) is 0 Å². The zero-order valence-corrected chi connectivity index (χ0v) is 9.99. The van der Waals surface area contributed by atoms with Gasteiger partial charge in [-0.1, -0.05) is 6.92 Å². The quantitative estimate of drug-likeness (QED) is 0.776. The van der Waals surface area contributed by atoms with Gasteiger partial charge in [0.1, 0.15) is 19.5 Å².